The van der Waals surface area contributed by atoms with Gasteiger partial charge in [0.25, 0.3) is 0 Å². The van der Waals surface area contributed by atoms with E-state index in [1.807, 2.05) is 25.1 Å². The van der Waals surface area contributed by atoms with Gasteiger partial charge < -0.3 is 5.73 Å². The Kier molecular flexibility index (Phi) is 2.63. The molecule has 0 saturated heterocycles. The summed E-state index contributed by atoms with van der Waals surface area (Å²) in [6.07, 6.45) is 1.68. The molecule has 4 heteroatoms. The molecule has 0 radical (unpaired) electrons. The van der Waals surface area contributed by atoms with Gasteiger partial charge in [0.2, 0.25) is 5.95 Å². The zero-order valence-corrected chi connectivity index (χ0v) is 10.4. The van der Waals surface area contributed by atoms with Gasteiger partial charge in [0.1, 0.15) is 5.82 Å². The molecule has 1 aromatic heterocycles. The summed E-state index contributed by atoms with van der Waals surface area (Å²) in [7, 11) is 0. The molecule has 0 fully saturated rings. The first-order chi connectivity index (χ1) is 9.13. The number of halogens is 1. The van der Waals surface area contributed by atoms with Crippen molar-refractivity contribution in [2.24, 2.45) is 0 Å². The zero-order chi connectivity index (χ0) is 13.4. The lowest BCUT2D eigenvalue weighted by atomic mass is 9.99. The van der Waals surface area contributed by atoms with E-state index in [0.29, 0.717) is 0 Å². The van der Waals surface area contributed by atoms with Gasteiger partial charge >= 0.3 is 0 Å². The highest BCUT2D eigenvalue weighted by Crippen LogP contribution is 2.27. The van der Waals surface area contributed by atoms with Crippen LogP contribution in [0.2, 0.25) is 0 Å². The van der Waals surface area contributed by atoms with Gasteiger partial charge in [-0.05, 0) is 41.8 Å². The van der Waals surface area contributed by atoms with E-state index >= 15 is 0 Å². The lowest BCUT2D eigenvalue weighted by molar-refractivity contribution is 0.628. The molecule has 3 aromatic rings. The largest absolute Gasteiger partial charge is 0.368 e. The van der Waals surface area contributed by atoms with Crippen LogP contribution in [0.15, 0.2) is 42.6 Å². The Hall–Kier alpha value is -2.49. The summed E-state index contributed by atoms with van der Waals surface area (Å²) in [5.41, 5.74) is 9.14. The van der Waals surface area contributed by atoms with Gasteiger partial charge in [-0.1, -0.05) is 18.2 Å². The maximum atomic E-state index is 13.4. The fraction of sp³-hybridized carbons (Fsp3) is 0.0667. The normalized spacial score (nSPS) is 10.8. The monoisotopic (exact) mass is 253 g/mol. The molecule has 0 unspecified atom stereocenters. The molecule has 2 N–H and O–H groups in total. The van der Waals surface area contributed by atoms with Gasteiger partial charge in [-0.2, -0.15) is 0 Å². The molecular weight excluding hydrogens is 241 g/mol. The van der Waals surface area contributed by atoms with E-state index in [9.17, 15) is 4.39 Å². The maximum absolute atomic E-state index is 13.4. The zero-order valence-electron chi connectivity index (χ0n) is 10.4. The molecule has 0 bridgehead atoms. The number of rotatable bonds is 1. The number of hydrogen-bond donors (Lipinski definition) is 1. The number of aryl methyl sites for hydroxylation is 1. The van der Waals surface area contributed by atoms with Crippen molar-refractivity contribution in [3.63, 3.8) is 0 Å². The van der Waals surface area contributed by atoms with E-state index < -0.39 is 0 Å². The fourth-order valence-corrected chi connectivity index (χ4v) is 2.11. The van der Waals surface area contributed by atoms with Gasteiger partial charge in [0.05, 0.1) is 5.52 Å². The van der Waals surface area contributed by atoms with Gasteiger partial charge in [0.15, 0.2) is 0 Å². The average Bonchev–Trinajstić information content (AvgIpc) is 2.40. The molecule has 3 rings (SSSR count). The molecule has 0 aliphatic rings. The first kappa shape index (κ1) is 11.6. The second-order valence-electron chi connectivity index (χ2n) is 4.46. The van der Waals surface area contributed by atoms with Crippen molar-refractivity contribution < 1.29 is 4.39 Å². The predicted octanol–water partition coefficient (Wildman–Crippen LogP) is 3.33. The number of aromatic nitrogens is 2. The minimum atomic E-state index is -0.247. The molecule has 2 aromatic carbocycles. The Labute approximate surface area is 109 Å². The minimum absolute atomic E-state index is 0.237. The number of fused-ring (bicyclic) bond motifs is 1. The summed E-state index contributed by atoms with van der Waals surface area (Å²) in [4.78, 5) is 8.13. The van der Waals surface area contributed by atoms with E-state index in [2.05, 4.69) is 9.97 Å². The van der Waals surface area contributed by atoms with Crippen LogP contribution in [0.1, 0.15) is 5.56 Å². The van der Waals surface area contributed by atoms with Crippen molar-refractivity contribution in [3.05, 3.63) is 54.0 Å². The fourth-order valence-electron chi connectivity index (χ4n) is 2.11. The number of benzene rings is 2. The summed E-state index contributed by atoms with van der Waals surface area (Å²) in [6.45, 7) is 1.95. The highest BCUT2D eigenvalue weighted by molar-refractivity contribution is 5.84. The molecule has 0 saturated carbocycles. The Bertz CT molecular complexity index is 768. The van der Waals surface area contributed by atoms with Gasteiger partial charge in [-0.15, -0.1) is 0 Å². The molecule has 0 spiro atoms. The molecule has 1 heterocycles. The standard InChI is InChI=1S/C15H12FN3/c1-9-2-5-12(16)7-13(9)10-3-4-11-8-18-15(17)19-14(11)6-10/h2-8H,1H3,(H2,17,18,19). The van der Waals surface area contributed by atoms with Crippen molar-refractivity contribution in [2.75, 3.05) is 5.73 Å². The second kappa shape index (κ2) is 4.31. The topological polar surface area (TPSA) is 51.8 Å². The molecular formula is C15H12FN3. The Morgan fingerprint density at radius 3 is 2.79 bits per heavy atom. The van der Waals surface area contributed by atoms with Crippen LogP contribution in [0.5, 0.6) is 0 Å². The van der Waals surface area contributed by atoms with Crippen molar-refractivity contribution >= 4 is 16.9 Å². The number of anilines is 1. The van der Waals surface area contributed by atoms with Gasteiger partial charge in [-0.25, -0.2) is 14.4 Å². The molecule has 94 valence electrons. The SMILES string of the molecule is Cc1ccc(F)cc1-c1ccc2cnc(N)nc2c1. The van der Waals surface area contributed by atoms with E-state index in [1.54, 1.807) is 12.3 Å². The highest BCUT2D eigenvalue weighted by Gasteiger charge is 2.05. The van der Waals surface area contributed by atoms with E-state index in [0.717, 1.165) is 27.6 Å². The lowest BCUT2D eigenvalue weighted by Crippen LogP contribution is -1.94. The van der Waals surface area contributed by atoms with E-state index in [4.69, 9.17) is 5.73 Å². The highest BCUT2D eigenvalue weighted by atomic mass is 19.1. The summed E-state index contributed by atoms with van der Waals surface area (Å²) in [6, 6.07) is 10.5. The van der Waals surface area contributed by atoms with Gasteiger partial charge in [0, 0.05) is 11.6 Å². The van der Waals surface area contributed by atoms with E-state index in [-0.39, 0.29) is 11.8 Å². The summed E-state index contributed by atoms with van der Waals surface area (Å²) in [5.74, 6) is -0.0106. The lowest BCUT2D eigenvalue weighted by Gasteiger charge is -2.07. The molecule has 3 nitrogen and oxygen atoms in total. The first-order valence-electron chi connectivity index (χ1n) is 5.92. The molecule has 0 atom stereocenters. The maximum Gasteiger partial charge on any atom is 0.220 e. The number of nitrogens with zero attached hydrogens (tertiary/aromatic N) is 2. The average molecular weight is 253 g/mol. The third kappa shape index (κ3) is 2.12. The van der Waals surface area contributed by atoms with Crippen LogP contribution >= 0.6 is 0 Å². The number of hydrogen-bond acceptors (Lipinski definition) is 3. The van der Waals surface area contributed by atoms with Crippen LogP contribution in [0.4, 0.5) is 10.3 Å². The van der Waals surface area contributed by atoms with Crippen LogP contribution in [0.3, 0.4) is 0 Å². The number of nitrogen functional groups attached to an aromatic ring is 1. The minimum Gasteiger partial charge on any atom is -0.368 e. The van der Waals surface area contributed by atoms with Crippen LogP contribution in [-0.4, -0.2) is 9.97 Å². The van der Waals surface area contributed by atoms with Crippen LogP contribution in [0, 0.1) is 12.7 Å². The smallest absolute Gasteiger partial charge is 0.220 e. The molecule has 0 amide bonds. The van der Waals surface area contributed by atoms with Crippen molar-refractivity contribution in [1.82, 2.24) is 9.97 Å². The third-order valence-electron chi connectivity index (χ3n) is 3.11. The predicted molar refractivity (Wildman–Crippen MR) is 74.1 cm³/mol. The molecule has 0 aliphatic carbocycles. The quantitative estimate of drug-likeness (QED) is 0.723. The van der Waals surface area contributed by atoms with Crippen LogP contribution in [0.25, 0.3) is 22.0 Å². The summed E-state index contributed by atoms with van der Waals surface area (Å²) < 4.78 is 13.4. The Morgan fingerprint density at radius 2 is 1.95 bits per heavy atom. The molecule has 0 aliphatic heterocycles. The van der Waals surface area contributed by atoms with Crippen LogP contribution < -0.4 is 5.73 Å². The van der Waals surface area contributed by atoms with Crippen molar-refractivity contribution in [1.29, 1.82) is 0 Å². The Balaban J connectivity index is 2.22. The van der Waals surface area contributed by atoms with Crippen molar-refractivity contribution in [2.45, 2.75) is 6.92 Å². The van der Waals surface area contributed by atoms with Crippen LogP contribution in [-0.2, 0) is 0 Å². The number of nitrogens with two attached hydrogens (primary N) is 1. The second-order valence-corrected chi connectivity index (χ2v) is 4.46. The first-order valence-corrected chi connectivity index (χ1v) is 5.92. The van der Waals surface area contributed by atoms with Crippen molar-refractivity contribution in [3.8, 4) is 11.1 Å². The third-order valence-corrected chi connectivity index (χ3v) is 3.11. The summed E-state index contributed by atoms with van der Waals surface area (Å²) in [5, 5.41) is 0.909. The Morgan fingerprint density at radius 1 is 1.11 bits per heavy atom. The van der Waals surface area contributed by atoms with E-state index in [1.165, 1.54) is 12.1 Å². The molecule has 19 heavy (non-hydrogen) atoms. The van der Waals surface area contributed by atoms with Gasteiger partial charge in [-0.3, -0.25) is 0 Å². The summed E-state index contributed by atoms with van der Waals surface area (Å²) >= 11 is 0.